The predicted molar refractivity (Wildman–Crippen MR) is 55.1 cm³/mol. The summed E-state index contributed by atoms with van der Waals surface area (Å²) in [4.78, 5) is 0. The van der Waals surface area contributed by atoms with Gasteiger partial charge in [-0.25, -0.2) is 0 Å². The molecular formula is C12H20. The highest BCUT2D eigenvalue weighted by Crippen LogP contribution is 2.27. The molecule has 1 rings (SSSR count). The van der Waals surface area contributed by atoms with Gasteiger partial charge in [-0.2, -0.15) is 0 Å². The van der Waals surface area contributed by atoms with E-state index in [1.807, 2.05) is 0 Å². The van der Waals surface area contributed by atoms with Crippen molar-refractivity contribution >= 4 is 0 Å². The first-order valence-corrected chi connectivity index (χ1v) is 5.20. The van der Waals surface area contributed by atoms with Crippen molar-refractivity contribution in [1.82, 2.24) is 0 Å². The molecule has 1 unspecified atom stereocenters. The minimum atomic E-state index is 0.676. The van der Waals surface area contributed by atoms with E-state index in [-0.39, 0.29) is 0 Å². The molecule has 0 saturated carbocycles. The molecule has 0 aromatic rings. The van der Waals surface area contributed by atoms with E-state index in [9.17, 15) is 0 Å². The average Bonchev–Trinajstić information content (AvgIpc) is 2.15. The molecule has 0 heterocycles. The highest BCUT2D eigenvalue weighted by Gasteiger charge is 2.11. The van der Waals surface area contributed by atoms with Gasteiger partial charge in [0.25, 0.3) is 0 Å². The Morgan fingerprint density at radius 3 is 2.92 bits per heavy atom. The molecule has 68 valence electrons. The van der Waals surface area contributed by atoms with Crippen LogP contribution in [0.2, 0.25) is 0 Å². The minimum Gasteiger partial charge on any atom is -0.102 e. The largest absolute Gasteiger partial charge is 0.102 e. The number of allylic oxidation sites excluding steroid dienone is 3. The summed E-state index contributed by atoms with van der Waals surface area (Å²) in [7, 11) is 0. The van der Waals surface area contributed by atoms with Crippen LogP contribution in [0.25, 0.3) is 0 Å². The molecule has 1 aliphatic rings. The standard InChI is InChI=1S/C12H20/c1-3-8-11(4-2)12-9-6-5-7-10-12/h4,9,11H,2-3,5-8,10H2,1H3. The molecule has 12 heavy (non-hydrogen) atoms. The topological polar surface area (TPSA) is 0 Å². The molecule has 0 bridgehead atoms. The van der Waals surface area contributed by atoms with Gasteiger partial charge in [0, 0.05) is 0 Å². The van der Waals surface area contributed by atoms with Crippen molar-refractivity contribution in [2.75, 3.05) is 0 Å². The molecule has 0 fully saturated rings. The summed E-state index contributed by atoms with van der Waals surface area (Å²) in [6.07, 6.45) is 12.5. The molecule has 0 N–H and O–H groups in total. The lowest BCUT2D eigenvalue weighted by atomic mass is 9.87. The van der Waals surface area contributed by atoms with Gasteiger partial charge in [-0.15, -0.1) is 6.58 Å². The number of hydrogen-bond acceptors (Lipinski definition) is 0. The summed E-state index contributed by atoms with van der Waals surface area (Å²) in [5.41, 5.74) is 1.65. The molecule has 0 aromatic carbocycles. The molecule has 0 nitrogen and oxygen atoms in total. The zero-order valence-electron chi connectivity index (χ0n) is 8.18. The van der Waals surface area contributed by atoms with Crippen molar-refractivity contribution in [3.8, 4) is 0 Å². The SMILES string of the molecule is C=CC(CCC)C1=CCCCC1. The summed E-state index contributed by atoms with van der Waals surface area (Å²) in [5, 5.41) is 0. The molecule has 0 radical (unpaired) electrons. The molecular weight excluding hydrogens is 144 g/mol. The Hall–Kier alpha value is -0.520. The minimum absolute atomic E-state index is 0.676. The van der Waals surface area contributed by atoms with Gasteiger partial charge in [-0.3, -0.25) is 0 Å². The van der Waals surface area contributed by atoms with E-state index >= 15 is 0 Å². The lowest BCUT2D eigenvalue weighted by molar-refractivity contribution is 0.585. The maximum atomic E-state index is 3.91. The van der Waals surface area contributed by atoms with Crippen molar-refractivity contribution in [2.24, 2.45) is 5.92 Å². The fourth-order valence-electron chi connectivity index (χ4n) is 1.97. The molecule has 0 heteroatoms. The van der Waals surface area contributed by atoms with E-state index in [1.165, 1.54) is 38.5 Å². The van der Waals surface area contributed by atoms with E-state index in [4.69, 9.17) is 0 Å². The van der Waals surface area contributed by atoms with Crippen LogP contribution in [0.5, 0.6) is 0 Å². The van der Waals surface area contributed by atoms with Crippen LogP contribution in [0.3, 0.4) is 0 Å². The maximum Gasteiger partial charge on any atom is -0.00261 e. The Balaban J connectivity index is 2.51. The highest BCUT2D eigenvalue weighted by atomic mass is 14.2. The summed E-state index contributed by atoms with van der Waals surface area (Å²) < 4.78 is 0. The molecule has 1 aliphatic carbocycles. The van der Waals surface area contributed by atoms with Gasteiger partial charge < -0.3 is 0 Å². The van der Waals surface area contributed by atoms with Crippen molar-refractivity contribution in [3.63, 3.8) is 0 Å². The van der Waals surface area contributed by atoms with Crippen LogP contribution in [0.1, 0.15) is 45.4 Å². The zero-order chi connectivity index (χ0) is 8.81. The van der Waals surface area contributed by atoms with Crippen molar-refractivity contribution in [2.45, 2.75) is 45.4 Å². The van der Waals surface area contributed by atoms with Crippen LogP contribution in [0.15, 0.2) is 24.3 Å². The average molecular weight is 164 g/mol. The van der Waals surface area contributed by atoms with E-state index in [0.29, 0.717) is 5.92 Å². The van der Waals surface area contributed by atoms with E-state index in [1.54, 1.807) is 5.57 Å². The van der Waals surface area contributed by atoms with Crippen LogP contribution in [-0.2, 0) is 0 Å². The molecule has 0 aromatic heterocycles. The van der Waals surface area contributed by atoms with E-state index in [2.05, 4.69) is 25.7 Å². The summed E-state index contributed by atoms with van der Waals surface area (Å²) in [6.45, 7) is 6.16. The Labute approximate surface area is 76.4 Å². The zero-order valence-corrected chi connectivity index (χ0v) is 8.18. The van der Waals surface area contributed by atoms with Crippen LogP contribution >= 0.6 is 0 Å². The normalized spacial score (nSPS) is 19.9. The fourth-order valence-corrected chi connectivity index (χ4v) is 1.97. The Morgan fingerprint density at radius 2 is 2.42 bits per heavy atom. The Kier molecular flexibility index (Phi) is 4.13. The summed E-state index contributed by atoms with van der Waals surface area (Å²) in [6, 6.07) is 0. The van der Waals surface area contributed by atoms with Crippen LogP contribution in [0.4, 0.5) is 0 Å². The third-order valence-corrected chi connectivity index (χ3v) is 2.69. The third kappa shape index (κ3) is 2.51. The maximum absolute atomic E-state index is 3.91. The van der Waals surface area contributed by atoms with Crippen molar-refractivity contribution in [3.05, 3.63) is 24.3 Å². The first kappa shape index (κ1) is 9.57. The summed E-state index contributed by atoms with van der Waals surface area (Å²) >= 11 is 0. The Morgan fingerprint density at radius 1 is 1.58 bits per heavy atom. The van der Waals surface area contributed by atoms with Gasteiger partial charge >= 0.3 is 0 Å². The smallest absolute Gasteiger partial charge is 0.00261 e. The monoisotopic (exact) mass is 164 g/mol. The quantitative estimate of drug-likeness (QED) is 0.549. The molecule has 0 amide bonds. The van der Waals surface area contributed by atoms with Crippen molar-refractivity contribution in [1.29, 1.82) is 0 Å². The first-order chi connectivity index (χ1) is 5.88. The molecule has 0 saturated heterocycles. The second-order valence-electron chi connectivity index (χ2n) is 3.66. The van der Waals surface area contributed by atoms with E-state index in [0.717, 1.165) is 0 Å². The fraction of sp³-hybridized carbons (Fsp3) is 0.667. The second kappa shape index (κ2) is 5.18. The number of hydrogen-bond donors (Lipinski definition) is 0. The van der Waals surface area contributed by atoms with Gasteiger partial charge in [-0.1, -0.05) is 31.1 Å². The molecule has 1 atom stereocenters. The summed E-state index contributed by atoms with van der Waals surface area (Å²) in [5.74, 6) is 0.676. The highest BCUT2D eigenvalue weighted by molar-refractivity contribution is 5.14. The van der Waals surface area contributed by atoms with Gasteiger partial charge in [0.2, 0.25) is 0 Å². The van der Waals surface area contributed by atoms with Crippen molar-refractivity contribution < 1.29 is 0 Å². The first-order valence-electron chi connectivity index (χ1n) is 5.20. The Bertz CT molecular complexity index is 165. The molecule has 0 spiro atoms. The van der Waals surface area contributed by atoms with Gasteiger partial charge in [0.15, 0.2) is 0 Å². The lowest BCUT2D eigenvalue weighted by Crippen LogP contribution is -2.03. The second-order valence-corrected chi connectivity index (χ2v) is 3.66. The van der Waals surface area contributed by atoms with Crippen LogP contribution in [0, 0.1) is 5.92 Å². The van der Waals surface area contributed by atoms with Crippen LogP contribution in [-0.4, -0.2) is 0 Å². The van der Waals surface area contributed by atoms with Crippen LogP contribution < -0.4 is 0 Å². The van der Waals surface area contributed by atoms with E-state index < -0.39 is 0 Å². The lowest BCUT2D eigenvalue weighted by Gasteiger charge is -2.19. The van der Waals surface area contributed by atoms with Gasteiger partial charge in [0.05, 0.1) is 0 Å². The predicted octanol–water partition coefficient (Wildman–Crippen LogP) is 4.09. The third-order valence-electron chi connectivity index (χ3n) is 2.69. The van der Waals surface area contributed by atoms with Gasteiger partial charge in [0.1, 0.15) is 0 Å². The van der Waals surface area contributed by atoms with Gasteiger partial charge in [-0.05, 0) is 38.0 Å². The number of rotatable bonds is 4. The molecule has 0 aliphatic heterocycles.